The number of amides is 1. The lowest BCUT2D eigenvalue weighted by molar-refractivity contribution is -0.139. The third kappa shape index (κ3) is 4.98. The van der Waals surface area contributed by atoms with Gasteiger partial charge in [-0.2, -0.15) is 0 Å². The fourth-order valence-electron chi connectivity index (χ4n) is 2.72. The molecule has 2 aromatic carbocycles. The third-order valence-corrected chi connectivity index (χ3v) is 4.23. The number of nitrogens with one attached hydrogen (secondary N) is 3. The molecule has 0 spiro atoms. The van der Waals surface area contributed by atoms with Gasteiger partial charge in [0.05, 0.1) is 6.04 Å². The van der Waals surface area contributed by atoms with Crippen molar-refractivity contribution in [3.8, 4) is 11.1 Å². The average Bonchev–Trinajstić information content (AvgIpc) is 3.21. The molecule has 0 aliphatic rings. The molecule has 28 heavy (non-hydrogen) atoms. The van der Waals surface area contributed by atoms with E-state index >= 15 is 0 Å². The maximum atomic E-state index is 12.6. The highest BCUT2D eigenvalue weighted by atomic mass is 16.4. The van der Waals surface area contributed by atoms with Gasteiger partial charge in [0.25, 0.3) is 0 Å². The maximum absolute atomic E-state index is 12.6. The Hall–Kier alpha value is -3.59. The summed E-state index contributed by atoms with van der Waals surface area (Å²) in [6.45, 7) is 1.48. The van der Waals surface area contributed by atoms with Gasteiger partial charge in [-0.1, -0.05) is 59.7 Å². The molecule has 144 valence electrons. The zero-order chi connectivity index (χ0) is 19.9. The smallest absolute Gasteiger partial charge is 0.320 e. The van der Waals surface area contributed by atoms with Gasteiger partial charge >= 0.3 is 5.97 Å². The number of carbonyl (C=O) groups is 2. The predicted octanol–water partition coefficient (Wildman–Crippen LogP) is 1.48. The van der Waals surface area contributed by atoms with Crippen LogP contribution in [0.25, 0.3) is 11.1 Å². The van der Waals surface area contributed by atoms with Crippen LogP contribution in [-0.2, 0) is 16.0 Å². The highest BCUT2D eigenvalue weighted by molar-refractivity contribution is 5.94. The first kappa shape index (κ1) is 19.2. The van der Waals surface area contributed by atoms with Gasteiger partial charge < -0.3 is 5.11 Å². The van der Waals surface area contributed by atoms with E-state index in [-0.39, 0.29) is 5.95 Å². The first-order valence-corrected chi connectivity index (χ1v) is 8.70. The summed E-state index contributed by atoms with van der Waals surface area (Å²) < 4.78 is 0. The van der Waals surface area contributed by atoms with E-state index in [9.17, 15) is 9.59 Å². The van der Waals surface area contributed by atoms with Crippen molar-refractivity contribution in [3.05, 3.63) is 60.2 Å². The van der Waals surface area contributed by atoms with E-state index in [0.29, 0.717) is 6.42 Å². The van der Waals surface area contributed by atoms with E-state index in [1.807, 2.05) is 54.6 Å². The minimum atomic E-state index is -1.04. The summed E-state index contributed by atoms with van der Waals surface area (Å²) in [5, 5.41) is 27.4. The van der Waals surface area contributed by atoms with Crippen LogP contribution >= 0.6 is 0 Å². The minimum Gasteiger partial charge on any atom is -0.480 e. The molecule has 0 bridgehead atoms. The molecular formula is C19H20N6O3. The number of aromatic nitrogens is 4. The van der Waals surface area contributed by atoms with Crippen molar-refractivity contribution in [2.75, 3.05) is 5.32 Å². The molecule has 0 fully saturated rings. The Labute approximate surface area is 161 Å². The van der Waals surface area contributed by atoms with E-state index in [1.54, 1.807) is 0 Å². The number of carbonyl (C=O) groups excluding carboxylic acids is 1. The van der Waals surface area contributed by atoms with Crippen molar-refractivity contribution < 1.29 is 14.7 Å². The molecule has 4 N–H and O–H groups in total. The van der Waals surface area contributed by atoms with E-state index in [4.69, 9.17) is 5.11 Å². The summed E-state index contributed by atoms with van der Waals surface area (Å²) in [5.41, 5.74) is 3.05. The number of benzene rings is 2. The number of carboxylic acid groups (broad SMARTS) is 1. The Kier molecular flexibility index (Phi) is 6.07. The first-order valence-electron chi connectivity index (χ1n) is 8.70. The van der Waals surface area contributed by atoms with Crippen LogP contribution in [-0.4, -0.2) is 49.7 Å². The fraction of sp³-hybridized carbons (Fsp3) is 0.211. The molecule has 0 saturated heterocycles. The molecule has 0 aliphatic carbocycles. The van der Waals surface area contributed by atoms with E-state index in [1.165, 1.54) is 6.92 Å². The van der Waals surface area contributed by atoms with Crippen molar-refractivity contribution in [1.82, 2.24) is 25.9 Å². The monoisotopic (exact) mass is 380 g/mol. The quantitative estimate of drug-likeness (QED) is 0.465. The van der Waals surface area contributed by atoms with Gasteiger partial charge in [0.1, 0.15) is 6.04 Å². The second kappa shape index (κ2) is 8.87. The van der Waals surface area contributed by atoms with Gasteiger partial charge in [0, 0.05) is 0 Å². The van der Waals surface area contributed by atoms with Gasteiger partial charge in [-0.3, -0.25) is 20.2 Å². The largest absolute Gasteiger partial charge is 0.480 e. The Morgan fingerprint density at radius 2 is 1.75 bits per heavy atom. The van der Waals surface area contributed by atoms with Crippen LogP contribution in [0, 0.1) is 0 Å². The van der Waals surface area contributed by atoms with Crippen LogP contribution < -0.4 is 10.6 Å². The molecule has 0 radical (unpaired) electrons. The van der Waals surface area contributed by atoms with Crippen molar-refractivity contribution in [1.29, 1.82) is 0 Å². The summed E-state index contributed by atoms with van der Waals surface area (Å²) in [4.78, 5) is 23.8. The Bertz CT molecular complexity index is 913. The molecule has 2 atom stereocenters. The standard InChI is InChI=1S/C19H20N6O3/c1-12(18(27)28)20-16(17(26)21-19-22-24-25-23-19)11-13-7-9-15(10-8-13)14-5-3-2-4-6-14/h2-10,12,16,20H,11H2,1H3,(H,27,28)(H2,21,22,23,24,25,26)/t12?,16-/m0/s1. The molecule has 1 unspecified atom stereocenters. The summed E-state index contributed by atoms with van der Waals surface area (Å²) in [6, 6.07) is 16.1. The average molecular weight is 380 g/mol. The van der Waals surface area contributed by atoms with Crippen molar-refractivity contribution in [3.63, 3.8) is 0 Å². The molecule has 0 aliphatic heterocycles. The maximum Gasteiger partial charge on any atom is 0.320 e. The SMILES string of the molecule is CC(N[C@@H](Cc1ccc(-c2ccccc2)cc1)C(=O)Nc1nnn[nH]1)C(=O)O. The molecule has 3 aromatic rings. The van der Waals surface area contributed by atoms with E-state index in [2.05, 4.69) is 31.3 Å². The Balaban J connectivity index is 1.74. The number of nitrogens with zero attached hydrogens (tertiary/aromatic N) is 3. The lowest BCUT2D eigenvalue weighted by atomic mass is 10.00. The van der Waals surface area contributed by atoms with Gasteiger partial charge in [0.2, 0.25) is 11.9 Å². The van der Waals surface area contributed by atoms with Crippen LogP contribution in [0.5, 0.6) is 0 Å². The van der Waals surface area contributed by atoms with Crippen molar-refractivity contribution in [2.45, 2.75) is 25.4 Å². The van der Waals surface area contributed by atoms with Gasteiger partial charge in [-0.15, -0.1) is 0 Å². The predicted molar refractivity (Wildman–Crippen MR) is 102 cm³/mol. The van der Waals surface area contributed by atoms with Crippen LogP contribution in [0.1, 0.15) is 12.5 Å². The number of hydrogen-bond donors (Lipinski definition) is 4. The number of anilines is 1. The molecule has 1 aromatic heterocycles. The van der Waals surface area contributed by atoms with Gasteiger partial charge in [-0.25, -0.2) is 5.10 Å². The normalized spacial score (nSPS) is 12.9. The van der Waals surface area contributed by atoms with Crippen LogP contribution in [0.2, 0.25) is 0 Å². The Morgan fingerprint density at radius 1 is 1.07 bits per heavy atom. The molecule has 1 amide bonds. The molecule has 1 heterocycles. The fourth-order valence-corrected chi connectivity index (χ4v) is 2.72. The number of carboxylic acids is 1. The van der Waals surface area contributed by atoms with E-state index < -0.39 is 24.0 Å². The van der Waals surface area contributed by atoms with Crippen LogP contribution in [0.3, 0.4) is 0 Å². The zero-order valence-corrected chi connectivity index (χ0v) is 15.2. The zero-order valence-electron chi connectivity index (χ0n) is 15.2. The molecular weight excluding hydrogens is 360 g/mol. The Morgan fingerprint density at radius 3 is 2.36 bits per heavy atom. The first-order chi connectivity index (χ1) is 13.5. The highest BCUT2D eigenvalue weighted by Gasteiger charge is 2.24. The number of rotatable bonds is 8. The van der Waals surface area contributed by atoms with Crippen molar-refractivity contribution >= 4 is 17.8 Å². The van der Waals surface area contributed by atoms with Crippen molar-refractivity contribution in [2.24, 2.45) is 0 Å². The number of hydrogen-bond acceptors (Lipinski definition) is 6. The van der Waals surface area contributed by atoms with Gasteiger partial charge in [-0.05, 0) is 40.5 Å². The summed E-state index contributed by atoms with van der Waals surface area (Å²) >= 11 is 0. The summed E-state index contributed by atoms with van der Waals surface area (Å²) in [6.07, 6.45) is 0.306. The minimum absolute atomic E-state index is 0.0965. The number of aromatic amines is 1. The second-order valence-electron chi connectivity index (χ2n) is 6.29. The van der Waals surface area contributed by atoms with E-state index in [0.717, 1.165) is 16.7 Å². The molecule has 9 heteroatoms. The number of aliphatic carboxylic acids is 1. The second-order valence-corrected chi connectivity index (χ2v) is 6.29. The van der Waals surface area contributed by atoms with Crippen LogP contribution in [0.4, 0.5) is 5.95 Å². The number of tetrazole rings is 1. The number of H-pyrrole nitrogens is 1. The van der Waals surface area contributed by atoms with Crippen LogP contribution in [0.15, 0.2) is 54.6 Å². The topological polar surface area (TPSA) is 133 Å². The lowest BCUT2D eigenvalue weighted by Crippen LogP contribution is -2.49. The summed E-state index contributed by atoms with van der Waals surface area (Å²) in [7, 11) is 0. The summed E-state index contributed by atoms with van der Waals surface area (Å²) in [5.74, 6) is -1.38. The highest BCUT2D eigenvalue weighted by Crippen LogP contribution is 2.20. The molecule has 3 rings (SSSR count). The lowest BCUT2D eigenvalue weighted by Gasteiger charge is -2.20. The molecule has 9 nitrogen and oxygen atoms in total. The van der Waals surface area contributed by atoms with Gasteiger partial charge in [0.15, 0.2) is 0 Å². The molecule has 0 saturated carbocycles. The third-order valence-electron chi connectivity index (χ3n) is 4.23.